The third kappa shape index (κ3) is 9.02. The van der Waals surface area contributed by atoms with Crippen molar-refractivity contribution in [3.05, 3.63) is 322 Å². The number of fused-ring (bicyclic) bond motifs is 11. The smallest absolute Gasteiger partial charge is 0.252 e. The molecule has 8 nitrogen and oxygen atoms in total. The van der Waals surface area contributed by atoms with Crippen molar-refractivity contribution in [1.29, 1.82) is 0 Å². The maximum absolute atomic E-state index is 5.65. The van der Waals surface area contributed by atoms with Crippen LogP contribution in [0.1, 0.15) is 0 Å². The second-order valence-corrected chi connectivity index (χ2v) is 25.3. The fraction of sp³-hybridized carbons (Fsp3) is 0. The van der Waals surface area contributed by atoms with Crippen molar-refractivity contribution in [2.75, 3.05) is 9.80 Å². The number of aromatic nitrogens is 6. The first kappa shape index (κ1) is 54.4. The van der Waals surface area contributed by atoms with Gasteiger partial charge in [-0.2, -0.15) is 0 Å². The van der Waals surface area contributed by atoms with E-state index >= 15 is 0 Å². The zero-order valence-electron chi connectivity index (χ0n) is 51.2. The molecule has 0 radical (unpaired) electrons. The van der Waals surface area contributed by atoms with E-state index in [0.29, 0.717) is 23.3 Å². The van der Waals surface area contributed by atoms with Crippen LogP contribution < -0.4 is 26.2 Å². The van der Waals surface area contributed by atoms with Gasteiger partial charge in [-0.3, -0.25) is 0 Å². The molecular formula is C85H53BN8S. The molecule has 17 aromatic rings. The lowest BCUT2D eigenvalue weighted by atomic mass is 9.33. The average Bonchev–Trinajstić information content (AvgIpc) is 1.63. The topological polar surface area (TPSA) is 75.9 Å². The van der Waals surface area contributed by atoms with E-state index in [1.54, 1.807) is 0 Å². The van der Waals surface area contributed by atoms with Crippen LogP contribution in [0.4, 0.5) is 34.1 Å². The number of anilines is 6. The third-order valence-corrected chi connectivity index (χ3v) is 20.1. The minimum Gasteiger partial charge on any atom is -0.311 e. The average molecular weight is 1230 g/mol. The summed E-state index contributed by atoms with van der Waals surface area (Å²) in [4.78, 5) is 31.5. The molecule has 2 aliphatic rings. The molecule has 0 unspecified atom stereocenters. The molecule has 4 aromatic heterocycles. The molecule has 95 heavy (non-hydrogen) atoms. The Kier molecular flexibility index (Phi) is 12.7. The summed E-state index contributed by atoms with van der Waals surface area (Å²) < 4.78 is 4.95. The number of para-hydroxylation sites is 4. The molecule has 6 heterocycles. The van der Waals surface area contributed by atoms with Crippen LogP contribution >= 0.6 is 11.3 Å². The van der Waals surface area contributed by atoms with Crippen molar-refractivity contribution in [3.8, 4) is 84.9 Å². The zero-order chi connectivity index (χ0) is 62.5. The Labute approximate surface area is 552 Å². The molecule has 19 rings (SSSR count). The molecule has 0 fully saturated rings. The van der Waals surface area contributed by atoms with Gasteiger partial charge in [-0.25, -0.2) is 24.9 Å². The van der Waals surface area contributed by atoms with E-state index in [1.165, 1.54) is 70.1 Å². The van der Waals surface area contributed by atoms with E-state index in [4.69, 9.17) is 24.9 Å². The summed E-state index contributed by atoms with van der Waals surface area (Å²) in [6, 6.07) is 115. The second kappa shape index (κ2) is 22.2. The Morgan fingerprint density at radius 3 is 1.41 bits per heavy atom. The number of thiophene rings is 1. The van der Waals surface area contributed by atoms with Crippen LogP contribution in [-0.4, -0.2) is 36.2 Å². The van der Waals surface area contributed by atoms with Crippen LogP contribution in [-0.2, 0) is 0 Å². The Hall–Kier alpha value is -12.4. The van der Waals surface area contributed by atoms with Gasteiger partial charge in [-0.05, 0) is 119 Å². The lowest BCUT2D eigenvalue weighted by Gasteiger charge is -2.44. The molecule has 0 atom stereocenters. The molecular weight excluding hydrogens is 1180 g/mol. The fourth-order valence-corrected chi connectivity index (χ4v) is 15.8. The highest BCUT2D eigenvalue weighted by Gasteiger charge is 2.43. The molecule has 0 N–H and O–H groups in total. The van der Waals surface area contributed by atoms with Gasteiger partial charge in [-0.1, -0.05) is 231 Å². The predicted molar refractivity (Wildman–Crippen MR) is 395 cm³/mol. The Balaban J connectivity index is 0.748. The molecule has 0 bridgehead atoms. The van der Waals surface area contributed by atoms with Crippen molar-refractivity contribution in [2.45, 2.75) is 0 Å². The quantitative estimate of drug-likeness (QED) is 0.126. The van der Waals surface area contributed by atoms with E-state index < -0.39 is 0 Å². The number of nitrogens with zero attached hydrogens (tertiary/aromatic N) is 8. The first-order chi connectivity index (χ1) is 47.1. The standard InChI is InChI=1S/C85H53BN8S/c1-5-22-56(23-6-1)69-53-70(88-82(87-69)59-42-40-54(41-43-59)55-44-47-62(48-45-55)93-74-36-19-16-33-68(74)86-67-32-15-18-35-73(67)92(61-28-11-4-12-29-61)76-37-21-38-77(93)80(76)86)66-52-60(85-90-83(57-24-7-2-8-25-57)89-84(91-85)58-26-9-3-10-27-58)46-50-72(66)94-71-34-17-13-31-65(71)79-75(94)51-49-64-63-30-14-20-39-78(63)95-81(64)79/h1-53H. The van der Waals surface area contributed by atoms with Gasteiger partial charge in [0.15, 0.2) is 23.3 Å². The van der Waals surface area contributed by atoms with Gasteiger partial charge in [-0.15, -0.1) is 11.3 Å². The number of hydrogen-bond acceptors (Lipinski definition) is 8. The molecule has 0 saturated carbocycles. The minimum absolute atomic E-state index is 0.0756. The highest BCUT2D eigenvalue weighted by atomic mass is 32.1. The normalized spacial score (nSPS) is 12.4. The molecule has 13 aromatic carbocycles. The summed E-state index contributed by atoms with van der Waals surface area (Å²) in [6.07, 6.45) is 0. The largest absolute Gasteiger partial charge is 0.311 e. The van der Waals surface area contributed by atoms with Crippen LogP contribution in [0, 0.1) is 0 Å². The van der Waals surface area contributed by atoms with Crippen LogP contribution in [0.15, 0.2) is 322 Å². The van der Waals surface area contributed by atoms with Gasteiger partial charge in [0, 0.05) is 98.4 Å². The summed E-state index contributed by atoms with van der Waals surface area (Å²) in [5.74, 6) is 2.34. The predicted octanol–water partition coefficient (Wildman–Crippen LogP) is 19.9. The third-order valence-electron chi connectivity index (χ3n) is 18.9. The molecule has 2 aliphatic heterocycles. The van der Waals surface area contributed by atoms with Gasteiger partial charge < -0.3 is 14.4 Å². The molecule has 0 spiro atoms. The Bertz CT molecular complexity index is 5800. The van der Waals surface area contributed by atoms with Crippen LogP contribution in [0.5, 0.6) is 0 Å². The number of rotatable bonds is 10. The van der Waals surface area contributed by atoms with E-state index in [0.717, 1.165) is 84.0 Å². The Morgan fingerprint density at radius 2 is 0.758 bits per heavy atom. The van der Waals surface area contributed by atoms with E-state index in [-0.39, 0.29) is 6.71 Å². The monoisotopic (exact) mass is 1230 g/mol. The first-order valence-corrected chi connectivity index (χ1v) is 32.9. The van der Waals surface area contributed by atoms with Crippen LogP contribution in [0.2, 0.25) is 0 Å². The lowest BCUT2D eigenvalue weighted by Crippen LogP contribution is -2.61. The molecule has 0 saturated heterocycles. The van der Waals surface area contributed by atoms with E-state index in [9.17, 15) is 0 Å². The van der Waals surface area contributed by atoms with Crippen LogP contribution in [0.3, 0.4) is 0 Å². The molecule has 0 aliphatic carbocycles. The van der Waals surface area contributed by atoms with Gasteiger partial charge in [0.05, 0.1) is 28.1 Å². The summed E-state index contributed by atoms with van der Waals surface area (Å²) >= 11 is 1.86. The van der Waals surface area contributed by atoms with Crippen molar-refractivity contribution in [1.82, 2.24) is 29.5 Å². The number of hydrogen-bond donors (Lipinski definition) is 0. The first-order valence-electron chi connectivity index (χ1n) is 32.1. The minimum atomic E-state index is 0.0756. The zero-order valence-corrected chi connectivity index (χ0v) is 52.0. The summed E-state index contributed by atoms with van der Waals surface area (Å²) in [6.45, 7) is 0.0756. The number of benzene rings is 13. The van der Waals surface area contributed by atoms with Crippen molar-refractivity contribution >= 4 is 111 Å². The lowest BCUT2D eigenvalue weighted by molar-refractivity contribution is 1.07. The van der Waals surface area contributed by atoms with Crippen molar-refractivity contribution in [3.63, 3.8) is 0 Å². The van der Waals surface area contributed by atoms with Gasteiger partial charge in [0.2, 0.25) is 0 Å². The maximum Gasteiger partial charge on any atom is 0.252 e. The van der Waals surface area contributed by atoms with Crippen molar-refractivity contribution in [2.24, 2.45) is 0 Å². The summed E-state index contributed by atoms with van der Waals surface area (Å²) in [5, 5.41) is 4.93. The summed E-state index contributed by atoms with van der Waals surface area (Å²) in [5.41, 5.74) is 23.2. The van der Waals surface area contributed by atoms with E-state index in [2.05, 4.69) is 269 Å². The highest BCUT2D eigenvalue weighted by molar-refractivity contribution is 7.26. The fourth-order valence-electron chi connectivity index (χ4n) is 14.6. The molecule has 0 amide bonds. The van der Waals surface area contributed by atoms with Gasteiger partial charge in [0.25, 0.3) is 6.71 Å². The second-order valence-electron chi connectivity index (χ2n) is 24.3. The summed E-state index contributed by atoms with van der Waals surface area (Å²) in [7, 11) is 0. The van der Waals surface area contributed by atoms with Gasteiger partial charge >= 0.3 is 0 Å². The van der Waals surface area contributed by atoms with Gasteiger partial charge in [0.1, 0.15) is 0 Å². The van der Waals surface area contributed by atoms with Crippen molar-refractivity contribution < 1.29 is 0 Å². The van der Waals surface area contributed by atoms with E-state index in [1.807, 2.05) is 78.1 Å². The molecule has 10 heteroatoms. The highest BCUT2D eigenvalue weighted by Crippen LogP contribution is 2.47. The maximum atomic E-state index is 5.65. The SMILES string of the molecule is c1ccc(-c2cc(-c3cc(-c4nc(-c5ccccc5)nc(-c5ccccc5)n4)ccc3-n3c4ccccc4c4c5sc6ccccc6c5ccc43)nc(-c3ccc(-c4ccc(N5c6ccccc6B6c7ccccc7N(c7ccccc7)c7cccc5c76)cc4)cc3)n2)cc1. The Morgan fingerprint density at radius 1 is 0.284 bits per heavy atom. The van der Waals surface area contributed by atoms with Crippen LogP contribution in [0.25, 0.3) is 127 Å². The molecule has 442 valence electrons.